The van der Waals surface area contributed by atoms with E-state index >= 15 is 0 Å². The van der Waals surface area contributed by atoms with Gasteiger partial charge in [-0.15, -0.1) is 0 Å². The lowest BCUT2D eigenvalue weighted by Crippen LogP contribution is -2.44. The van der Waals surface area contributed by atoms with E-state index in [4.69, 9.17) is 11.6 Å². The summed E-state index contributed by atoms with van der Waals surface area (Å²) in [5.41, 5.74) is 0.286. The highest BCUT2D eigenvalue weighted by Crippen LogP contribution is 2.36. The summed E-state index contributed by atoms with van der Waals surface area (Å²) in [5.74, 6) is -2.13. The molecule has 38 heavy (non-hydrogen) atoms. The minimum Gasteiger partial charge on any atom is -0.344 e. The van der Waals surface area contributed by atoms with Crippen molar-refractivity contribution in [2.75, 3.05) is 28.7 Å². The summed E-state index contributed by atoms with van der Waals surface area (Å²) in [4.78, 5) is 33.6. The third kappa shape index (κ3) is 5.59. The van der Waals surface area contributed by atoms with Gasteiger partial charge in [0.15, 0.2) is 5.82 Å². The molecule has 4 rings (SSSR count). The summed E-state index contributed by atoms with van der Waals surface area (Å²) in [5, 5.41) is 6.73. The molecule has 0 radical (unpaired) electrons. The second kappa shape index (κ2) is 10.2. The molecule has 1 aliphatic heterocycles. The van der Waals surface area contributed by atoms with Gasteiger partial charge in [0.2, 0.25) is 11.8 Å². The lowest BCUT2D eigenvalue weighted by molar-refractivity contribution is -0.137. The molecule has 8 nitrogen and oxygen atoms in total. The van der Waals surface area contributed by atoms with E-state index in [1.165, 1.54) is 35.9 Å². The summed E-state index contributed by atoms with van der Waals surface area (Å²) >= 11 is 5.88. The summed E-state index contributed by atoms with van der Waals surface area (Å²) in [6.07, 6.45) is -4.62. The Morgan fingerprint density at radius 1 is 1.16 bits per heavy atom. The first kappa shape index (κ1) is 27.4. The molecule has 13 heteroatoms. The number of likely N-dealkylation sites (N-methyl/N-ethyl adjacent to an activating group) is 1. The number of carbonyl (C=O) groups is 2. The summed E-state index contributed by atoms with van der Waals surface area (Å²) in [6, 6.07) is 6.17. The summed E-state index contributed by atoms with van der Waals surface area (Å²) in [6.45, 7) is 3.18. The molecular weight excluding hydrogens is 528 g/mol. The second-order valence-electron chi connectivity index (χ2n) is 9.23. The lowest BCUT2D eigenvalue weighted by atomic mass is 10.0. The Bertz CT molecular complexity index is 1370. The van der Waals surface area contributed by atoms with Crippen LogP contribution in [0, 0.1) is 25.6 Å². The first-order valence-corrected chi connectivity index (χ1v) is 12.0. The van der Waals surface area contributed by atoms with Crippen molar-refractivity contribution in [2.24, 2.45) is 13.0 Å². The Morgan fingerprint density at radius 3 is 2.47 bits per heavy atom. The van der Waals surface area contributed by atoms with Gasteiger partial charge in [-0.1, -0.05) is 11.6 Å². The Kier molecular flexibility index (Phi) is 7.37. The number of benzene rings is 1. The average molecular weight is 553 g/mol. The van der Waals surface area contributed by atoms with Crippen molar-refractivity contribution < 1.29 is 27.2 Å². The quantitative estimate of drug-likeness (QED) is 0.462. The fourth-order valence-electron chi connectivity index (χ4n) is 4.37. The van der Waals surface area contributed by atoms with E-state index < -0.39 is 41.3 Å². The van der Waals surface area contributed by atoms with Gasteiger partial charge in [-0.3, -0.25) is 14.3 Å². The number of aromatic nitrogens is 3. The highest BCUT2D eigenvalue weighted by atomic mass is 35.5. The molecule has 3 heterocycles. The molecule has 2 atom stereocenters. The maximum atomic E-state index is 13.7. The van der Waals surface area contributed by atoms with Gasteiger partial charge in [-0.05, 0) is 50.6 Å². The molecule has 1 fully saturated rings. The van der Waals surface area contributed by atoms with Crippen molar-refractivity contribution in [1.29, 1.82) is 0 Å². The van der Waals surface area contributed by atoms with Crippen molar-refractivity contribution in [2.45, 2.75) is 32.5 Å². The van der Waals surface area contributed by atoms with Crippen LogP contribution in [0.4, 0.5) is 34.9 Å². The molecule has 0 aliphatic carbocycles. The molecule has 0 bridgehead atoms. The van der Waals surface area contributed by atoms with Gasteiger partial charge >= 0.3 is 6.18 Å². The van der Waals surface area contributed by atoms with Crippen LogP contribution in [0.1, 0.15) is 23.4 Å². The Balaban J connectivity index is 1.68. The highest BCUT2D eigenvalue weighted by Gasteiger charge is 2.43. The number of anilines is 3. The number of carbonyl (C=O) groups excluding carboxylic acids is 2. The number of aryl methyl sites for hydroxylation is 3. The van der Waals surface area contributed by atoms with Crippen molar-refractivity contribution in [3.05, 3.63) is 64.2 Å². The van der Waals surface area contributed by atoms with Gasteiger partial charge in [0, 0.05) is 43.8 Å². The monoisotopic (exact) mass is 552 g/mol. The molecule has 1 aromatic carbocycles. The van der Waals surface area contributed by atoms with Crippen LogP contribution in [-0.4, -0.2) is 46.2 Å². The predicted molar refractivity (Wildman–Crippen MR) is 135 cm³/mol. The van der Waals surface area contributed by atoms with Crippen molar-refractivity contribution in [3.63, 3.8) is 0 Å². The number of nitrogens with one attached hydrogen (secondary N) is 1. The SMILES string of the molecule is Cc1cc(C(F)(F)F)cc(N2C[C@@H](C(=O)Nc3cc(C)n(C)n3)C[C@H]2C(=O)N(C)c2ccc(F)c(Cl)c2)n1. The molecule has 1 N–H and O–H groups in total. The molecule has 1 saturated heterocycles. The molecule has 3 aromatic rings. The van der Waals surface area contributed by atoms with Gasteiger partial charge in [0.05, 0.1) is 16.5 Å². The van der Waals surface area contributed by atoms with Gasteiger partial charge in [0.25, 0.3) is 0 Å². The standard InChI is InChI=1S/C25H25ClF4N6O2/c1-13-7-16(25(28,29)30)10-22(31-13)36-12-15(23(37)32-21-8-14(2)35(4)33-21)9-20(36)24(38)34(3)17-5-6-19(27)18(26)11-17/h5-8,10-11,15,20H,9,12H2,1-4H3,(H,32,33,37)/t15-,20-/m0/s1. The number of hydrogen-bond acceptors (Lipinski definition) is 5. The Labute approximate surface area is 221 Å². The van der Waals surface area contributed by atoms with E-state index in [9.17, 15) is 27.2 Å². The number of nitrogens with zero attached hydrogens (tertiary/aromatic N) is 5. The van der Waals surface area contributed by atoms with E-state index in [0.717, 1.165) is 23.9 Å². The van der Waals surface area contributed by atoms with Crippen LogP contribution in [0.5, 0.6) is 0 Å². The van der Waals surface area contributed by atoms with Crippen molar-refractivity contribution in [1.82, 2.24) is 14.8 Å². The zero-order valence-electron chi connectivity index (χ0n) is 21.0. The van der Waals surface area contributed by atoms with Crippen LogP contribution in [0.25, 0.3) is 0 Å². The fraction of sp³-hybridized carbons (Fsp3) is 0.360. The zero-order chi connectivity index (χ0) is 27.9. The first-order chi connectivity index (χ1) is 17.7. The van der Waals surface area contributed by atoms with E-state index in [-0.39, 0.29) is 35.2 Å². The summed E-state index contributed by atoms with van der Waals surface area (Å²) < 4.78 is 55.9. The maximum Gasteiger partial charge on any atom is 0.416 e. The predicted octanol–water partition coefficient (Wildman–Crippen LogP) is 4.74. The number of rotatable bonds is 5. The molecular formula is C25H25ClF4N6O2. The molecule has 0 saturated carbocycles. The van der Waals surface area contributed by atoms with Crippen LogP contribution >= 0.6 is 11.6 Å². The summed E-state index contributed by atoms with van der Waals surface area (Å²) in [7, 11) is 3.16. The van der Waals surface area contributed by atoms with Crippen LogP contribution < -0.4 is 15.1 Å². The molecule has 202 valence electrons. The largest absolute Gasteiger partial charge is 0.416 e. The van der Waals surface area contributed by atoms with Gasteiger partial charge < -0.3 is 15.1 Å². The van der Waals surface area contributed by atoms with E-state index in [2.05, 4.69) is 15.4 Å². The number of hydrogen-bond donors (Lipinski definition) is 1. The van der Waals surface area contributed by atoms with Crippen molar-refractivity contribution in [3.8, 4) is 0 Å². The van der Waals surface area contributed by atoms with E-state index in [1.807, 2.05) is 6.92 Å². The molecule has 2 amide bonds. The molecule has 0 spiro atoms. The number of alkyl halides is 3. The van der Waals surface area contributed by atoms with E-state index in [1.54, 1.807) is 17.8 Å². The highest BCUT2D eigenvalue weighted by molar-refractivity contribution is 6.31. The van der Waals surface area contributed by atoms with Crippen LogP contribution in [-0.2, 0) is 22.8 Å². The minimum absolute atomic E-state index is 0.00667. The molecule has 1 aliphatic rings. The first-order valence-electron chi connectivity index (χ1n) is 11.6. The molecule has 0 unspecified atom stereocenters. The number of pyridine rings is 1. The maximum absolute atomic E-state index is 13.7. The normalized spacial score (nSPS) is 17.6. The van der Waals surface area contributed by atoms with Gasteiger partial charge in [-0.25, -0.2) is 9.37 Å². The fourth-order valence-corrected chi connectivity index (χ4v) is 4.54. The lowest BCUT2D eigenvalue weighted by Gasteiger charge is -2.29. The Morgan fingerprint density at radius 2 is 1.87 bits per heavy atom. The average Bonchev–Trinajstić information content (AvgIpc) is 3.42. The Hall–Kier alpha value is -3.67. The van der Waals surface area contributed by atoms with Gasteiger partial charge in [0.1, 0.15) is 17.7 Å². The van der Waals surface area contributed by atoms with E-state index in [0.29, 0.717) is 5.82 Å². The van der Waals surface area contributed by atoms with Crippen molar-refractivity contribution >= 4 is 40.7 Å². The third-order valence-electron chi connectivity index (χ3n) is 6.50. The zero-order valence-corrected chi connectivity index (χ0v) is 21.7. The van der Waals surface area contributed by atoms with Gasteiger partial charge in [-0.2, -0.15) is 18.3 Å². The van der Waals surface area contributed by atoms with Crippen LogP contribution in [0.2, 0.25) is 5.02 Å². The topological polar surface area (TPSA) is 83.4 Å². The van der Waals surface area contributed by atoms with Crippen LogP contribution in [0.3, 0.4) is 0 Å². The minimum atomic E-state index is -4.63. The van der Waals surface area contributed by atoms with Crippen LogP contribution in [0.15, 0.2) is 36.4 Å². The molecule has 2 aromatic heterocycles. The number of halogens is 5. The number of amides is 2. The third-order valence-corrected chi connectivity index (χ3v) is 6.79. The smallest absolute Gasteiger partial charge is 0.344 e. The second-order valence-corrected chi connectivity index (χ2v) is 9.64.